The fourth-order valence-corrected chi connectivity index (χ4v) is 4.39. The lowest BCUT2D eigenvalue weighted by Crippen LogP contribution is -2.37. The Hall–Kier alpha value is -3.25. The second kappa shape index (κ2) is 8.71. The first-order valence-electron chi connectivity index (χ1n) is 9.59. The van der Waals surface area contributed by atoms with Crippen LogP contribution in [0.25, 0.3) is 10.2 Å². The molecule has 0 saturated carbocycles. The van der Waals surface area contributed by atoms with Gasteiger partial charge in [0.05, 0.1) is 29.2 Å². The van der Waals surface area contributed by atoms with Gasteiger partial charge in [-0.25, -0.2) is 4.98 Å². The lowest BCUT2D eigenvalue weighted by Gasteiger charge is -2.30. The number of morpholine rings is 1. The number of carbonyl (C=O) groups excluding carboxylic acids is 1. The molecule has 1 amide bonds. The normalized spacial score (nSPS) is 14.5. The standard InChI is InChI=1S/C20H17F3N4O4S/c21-20(22,23)13-9-14-17(16(10-13)27(29)30)32-19(25-14)18(28)24-11-12-3-1-2-4-15(12)26-5-7-31-8-6-26/h1-4,9-10H,5-8,11H2,(H,24,28). The Labute approximate surface area is 183 Å². The number of nitro benzene ring substituents is 1. The van der Waals surface area contributed by atoms with Crippen molar-refractivity contribution in [1.82, 2.24) is 10.3 Å². The number of hydrogen-bond acceptors (Lipinski definition) is 7. The van der Waals surface area contributed by atoms with Crippen LogP contribution in [-0.4, -0.2) is 42.1 Å². The molecule has 8 nitrogen and oxygen atoms in total. The van der Waals surface area contributed by atoms with Gasteiger partial charge < -0.3 is 15.0 Å². The summed E-state index contributed by atoms with van der Waals surface area (Å²) in [5.41, 5.74) is -0.354. The molecule has 0 unspecified atom stereocenters. The molecule has 0 aliphatic carbocycles. The first kappa shape index (κ1) is 22.0. The van der Waals surface area contributed by atoms with Gasteiger partial charge in [-0.15, -0.1) is 11.3 Å². The summed E-state index contributed by atoms with van der Waals surface area (Å²) in [7, 11) is 0. The number of nitrogens with one attached hydrogen (secondary N) is 1. The van der Waals surface area contributed by atoms with E-state index in [-0.39, 0.29) is 21.8 Å². The number of nitro groups is 1. The third-order valence-corrected chi connectivity index (χ3v) is 6.06. The monoisotopic (exact) mass is 466 g/mol. The molecule has 168 valence electrons. The van der Waals surface area contributed by atoms with Crippen molar-refractivity contribution in [1.29, 1.82) is 0 Å². The van der Waals surface area contributed by atoms with Gasteiger partial charge in [-0.1, -0.05) is 18.2 Å². The van der Waals surface area contributed by atoms with E-state index in [4.69, 9.17) is 4.74 Å². The van der Waals surface area contributed by atoms with Crippen LogP contribution in [0.4, 0.5) is 24.5 Å². The van der Waals surface area contributed by atoms with Crippen LogP contribution in [0, 0.1) is 10.1 Å². The molecule has 1 N–H and O–H groups in total. The van der Waals surface area contributed by atoms with Gasteiger partial charge >= 0.3 is 6.18 Å². The highest BCUT2D eigenvalue weighted by atomic mass is 32.1. The zero-order chi connectivity index (χ0) is 22.9. The van der Waals surface area contributed by atoms with Crippen molar-refractivity contribution in [3.05, 3.63) is 62.6 Å². The zero-order valence-electron chi connectivity index (χ0n) is 16.5. The summed E-state index contributed by atoms with van der Waals surface area (Å²) in [6.07, 6.45) is -4.77. The summed E-state index contributed by atoms with van der Waals surface area (Å²) < 4.78 is 44.5. The number of anilines is 1. The lowest BCUT2D eigenvalue weighted by atomic mass is 10.1. The van der Waals surface area contributed by atoms with E-state index in [9.17, 15) is 28.1 Å². The van der Waals surface area contributed by atoms with Gasteiger partial charge in [0.2, 0.25) is 0 Å². The van der Waals surface area contributed by atoms with Crippen molar-refractivity contribution < 1.29 is 27.6 Å². The zero-order valence-corrected chi connectivity index (χ0v) is 17.3. The Bertz CT molecular complexity index is 1180. The van der Waals surface area contributed by atoms with Crippen LogP contribution in [0.3, 0.4) is 0 Å². The van der Waals surface area contributed by atoms with Crippen molar-refractivity contribution in [2.75, 3.05) is 31.2 Å². The molecule has 32 heavy (non-hydrogen) atoms. The molecule has 0 bridgehead atoms. The van der Waals surface area contributed by atoms with E-state index < -0.39 is 28.3 Å². The quantitative estimate of drug-likeness (QED) is 0.451. The highest BCUT2D eigenvalue weighted by Crippen LogP contribution is 2.38. The Kier molecular flexibility index (Phi) is 5.98. The van der Waals surface area contributed by atoms with Crippen LogP contribution < -0.4 is 10.2 Å². The van der Waals surface area contributed by atoms with Crippen molar-refractivity contribution >= 4 is 38.8 Å². The summed E-state index contributed by atoms with van der Waals surface area (Å²) in [5, 5.41) is 13.8. The van der Waals surface area contributed by atoms with Crippen molar-refractivity contribution in [2.24, 2.45) is 0 Å². The Morgan fingerprint density at radius 1 is 1.25 bits per heavy atom. The topological polar surface area (TPSA) is 97.6 Å². The van der Waals surface area contributed by atoms with E-state index in [1.165, 1.54) is 0 Å². The van der Waals surface area contributed by atoms with Gasteiger partial charge in [-0.2, -0.15) is 13.2 Å². The van der Waals surface area contributed by atoms with Crippen LogP contribution in [0.15, 0.2) is 36.4 Å². The number of aromatic nitrogens is 1. The predicted molar refractivity (Wildman–Crippen MR) is 112 cm³/mol. The van der Waals surface area contributed by atoms with E-state index in [1.54, 1.807) is 0 Å². The minimum Gasteiger partial charge on any atom is -0.378 e. The smallest absolute Gasteiger partial charge is 0.378 e. The lowest BCUT2D eigenvalue weighted by molar-refractivity contribution is -0.383. The molecular formula is C20H17F3N4O4S. The molecule has 0 radical (unpaired) electrons. The summed E-state index contributed by atoms with van der Waals surface area (Å²) >= 11 is 0.688. The van der Waals surface area contributed by atoms with Crippen LogP contribution in [0.1, 0.15) is 20.9 Å². The van der Waals surface area contributed by atoms with Crippen molar-refractivity contribution in [3.63, 3.8) is 0 Å². The molecular weight excluding hydrogens is 449 g/mol. The molecule has 1 aromatic heterocycles. The summed E-state index contributed by atoms with van der Waals surface area (Å²) in [6.45, 7) is 2.80. The minimum absolute atomic E-state index is 0.0816. The third kappa shape index (κ3) is 4.50. The summed E-state index contributed by atoms with van der Waals surface area (Å²) in [4.78, 5) is 29.1. The van der Waals surface area contributed by atoms with Gasteiger partial charge in [0.25, 0.3) is 11.6 Å². The number of fused-ring (bicyclic) bond motifs is 1. The fourth-order valence-electron chi connectivity index (χ4n) is 3.44. The molecule has 2 aromatic carbocycles. The molecule has 1 aliphatic heterocycles. The molecule has 0 atom stereocenters. The predicted octanol–water partition coefficient (Wildman–Crippen LogP) is 3.99. The summed E-state index contributed by atoms with van der Waals surface area (Å²) in [5.74, 6) is -0.620. The number of thiazole rings is 1. The Balaban J connectivity index is 1.58. The number of amides is 1. The second-order valence-corrected chi connectivity index (χ2v) is 8.03. The summed E-state index contributed by atoms with van der Waals surface area (Å²) in [6, 6.07) is 8.70. The number of ether oxygens (including phenoxy) is 1. The number of halogens is 3. The number of hydrogen-bond donors (Lipinski definition) is 1. The van der Waals surface area contributed by atoms with Crippen molar-refractivity contribution in [3.8, 4) is 0 Å². The molecule has 1 saturated heterocycles. The number of non-ortho nitro benzene ring substituents is 1. The van der Waals surface area contributed by atoms with Crippen LogP contribution in [0.2, 0.25) is 0 Å². The molecule has 1 aliphatic rings. The van der Waals surface area contributed by atoms with E-state index in [1.807, 2.05) is 24.3 Å². The maximum atomic E-state index is 13.1. The molecule has 2 heterocycles. The highest BCUT2D eigenvalue weighted by Gasteiger charge is 2.34. The third-order valence-electron chi connectivity index (χ3n) is 4.97. The SMILES string of the molecule is O=C(NCc1ccccc1N1CCOCC1)c1nc2cc(C(F)(F)F)cc([N+](=O)[O-])c2s1. The maximum Gasteiger partial charge on any atom is 0.416 e. The van der Waals surface area contributed by atoms with Crippen LogP contribution >= 0.6 is 11.3 Å². The average molecular weight is 466 g/mol. The number of nitrogens with zero attached hydrogens (tertiary/aromatic N) is 3. The maximum absolute atomic E-state index is 13.1. The number of para-hydroxylation sites is 1. The van der Waals surface area contributed by atoms with E-state index in [0.717, 1.165) is 11.3 Å². The minimum atomic E-state index is -4.77. The molecule has 3 aromatic rings. The number of rotatable bonds is 5. The van der Waals surface area contributed by atoms with E-state index in [0.29, 0.717) is 49.8 Å². The first-order valence-corrected chi connectivity index (χ1v) is 10.4. The molecule has 1 fully saturated rings. The van der Waals surface area contributed by atoms with E-state index >= 15 is 0 Å². The average Bonchev–Trinajstić information content (AvgIpc) is 3.21. The molecule has 4 rings (SSSR count). The number of alkyl halides is 3. The van der Waals surface area contributed by atoms with Gasteiger partial charge in [0, 0.05) is 31.4 Å². The van der Waals surface area contributed by atoms with E-state index in [2.05, 4.69) is 15.2 Å². The number of benzene rings is 2. The van der Waals surface area contributed by atoms with Crippen LogP contribution in [0.5, 0.6) is 0 Å². The van der Waals surface area contributed by atoms with Gasteiger partial charge in [0.1, 0.15) is 4.70 Å². The molecule has 0 spiro atoms. The largest absolute Gasteiger partial charge is 0.416 e. The van der Waals surface area contributed by atoms with Gasteiger partial charge in [-0.05, 0) is 17.7 Å². The van der Waals surface area contributed by atoms with Gasteiger partial charge in [-0.3, -0.25) is 14.9 Å². The molecule has 12 heteroatoms. The Morgan fingerprint density at radius 3 is 2.66 bits per heavy atom. The first-order chi connectivity index (χ1) is 15.2. The highest BCUT2D eigenvalue weighted by molar-refractivity contribution is 7.20. The second-order valence-electron chi connectivity index (χ2n) is 7.03. The number of carbonyl (C=O) groups is 1. The van der Waals surface area contributed by atoms with Crippen LogP contribution in [-0.2, 0) is 17.5 Å². The Morgan fingerprint density at radius 2 is 1.97 bits per heavy atom. The van der Waals surface area contributed by atoms with Crippen molar-refractivity contribution in [2.45, 2.75) is 12.7 Å². The van der Waals surface area contributed by atoms with Gasteiger partial charge in [0.15, 0.2) is 5.01 Å². The fraction of sp³-hybridized carbons (Fsp3) is 0.300.